The van der Waals surface area contributed by atoms with E-state index in [-0.39, 0.29) is 18.2 Å². The molecule has 0 unspecified atom stereocenters. The maximum absolute atomic E-state index is 12.8. The van der Waals surface area contributed by atoms with E-state index >= 15 is 0 Å². The summed E-state index contributed by atoms with van der Waals surface area (Å²) < 4.78 is 25.5. The van der Waals surface area contributed by atoms with Crippen molar-refractivity contribution >= 4 is 27.3 Å². The van der Waals surface area contributed by atoms with E-state index in [1.165, 1.54) is 0 Å². The van der Waals surface area contributed by atoms with E-state index in [2.05, 4.69) is 0 Å². The first-order valence-electron chi connectivity index (χ1n) is 8.21. The average Bonchev–Trinajstić information content (AvgIpc) is 2.74. The van der Waals surface area contributed by atoms with Crippen LogP contribution in [0.2, 0.25) is 5.02 Å². The molecule has 1 fully saturated rings. The second-order valence-electron chi connectivity index (χ2n) is 6.27. The third-order valence-corrected chi connectivity index (χ3v) is 7.11. The summed E-state index contributed by atoms with van der Waals surface area (Å²) in [6.07, 6.45) is 0.351. The first-order chi connectivity index (χ1) is 11.9. The highest BCUT2D eigenvalue weighted by molar-refractivity contribution is 7.91. The van der Waals surface area contributed by atoms with Gasteiger partial charge in [0.05, 0.1) is 11.0 Å². The van der Waals surface area contributed by atoms with Gasteiger partial charge in [-0.05, 0) is 36.6 Å². The van der Waals surface area contributed by atoms with Crippen molar-refractivity contribution in [1.29, 1.82) is 0 Å². The summed E-state index contributed by atoms with van der Waals surface area (Å²) in [6, 6.07) is 14.4. The predicted molar refractivity (Wildman–Crippen MR) is 99.7 cm³/mol. The van der Waals surface area contributed by atoms with E-state index < -0.39 is 15.1 Å². The van der Waals surface area contributed by atoms with Gasteiger partial charge in [-0.2, -0.15) is 0 Å². The first-order valence-corrected chi connectivity index (χ1v) is 10.3. The Labute approximate surface area is 153 Å². The molecule has 3 rings (SSSR count). The van der Waals surface area contributed by atoms with Crippen molar-refractivity contribution in [2.75, 3.05) is 18.8 Å². The van der Waals surface area contributed by atoms with Gasteiger partial charge < -0.3 is 4.90 Å². The predicted octanol–water partition coefficient (Wildman–Crippen LogP) is 3.65. The third kappa shape index (κ3) is 3.72. The van der Waals surface area contributed by atoms with Crippen LogP contribution in [0.4, 0.5) is 0 Å². The zero-order chi connectivity index (χ0) is 18.0. The van der Waals surface area contributed by atoms with Crippen LogP contribution < -0.4 is 0 Å². The van der Waals surface area contributed by atoms with Crippen LogP contribution in [0, 0.1) is 6.92 Å². The van der Waals surface area contributed by atoms with Gasteiger partial charge in [0.15, 0.2) is 9.84 Å². The number of sulfone groups is 1. The molecule has 132 valence electrons. The quantitative estimate of drug-likeness (QED) is 0.802. The summed E-state index contributed by atoms with van der Waals surface area (Å²) >= 11 is 6.21. The van der Waals surface area contributed by atoms with Crippen molar-refractivity contribution in [3.05, 3.63) is 70.2 Å². The molecular formula is C19H20ClNO3S. The Bertz CT molecular complexity index is 895. The van der Waals surface area contributed by atoms with Crippen LogP contribution in [0.25, 0.3) is 0 Å². The molecule has 2 aromatic rings. The molecule has 6 heteroatoms. The van der Waals surface area contributed by atoms with E-state index in [9.17, 15) is 13.2 Å². The maximum Gasteiger partial charge on any atom is 0.254 e. The molecule has 1 amide bonds. The number of amides is 1. The van der Waals surface area contributed by atoms with Crippen molar-refractivity contribution in [3.63, 3.8) is 0 Å². The van der Waals surface area contributed by atoms with Crippen LogP contribution in [-0.4, -0.2) is 38.1 Å². The molecule has 2 aromatic carbocycles. The van der Waals surface area contributed by atoms with Gasteiger partial charge in [-0.25, -0.2) is 8.42 Å². The van der Waals surface area contributed by atoms with Crippen LogP contribution in [-0.2, 0) is 9.84 Å². The van der Waals surface area contributed by atoms with Crippen LogP contribution in [0.1, 0.15) is 33.2 Å². The summed E-state index contributed by atoms with van der Waals surface area (Å²) in [6.45, 7) is 2.48. The average molecular weight is 378 g/mol. The SMILES string of the molecule is Cc1ccccc1C(=O)N1CC[C@H](c2ccccc2Cl)S(=O)(=O)CC1. The monoisotopic (exact) mass is 377 g/mol. The maximum atomic E-state index is 12.8. The number of benzene rings is 2. The fourth-order valence-electron chi connectivity index (χ4n) is 3.22. The van der Waals surface area contributed by atoms with Gasteiger partial charge in [0.25, 0.3) is 5.91 Å². The molecule has 0 N–H and O–H groups in total. The van der Waals surface area contributed by atoms with E-state index in [1.807, 2.05) is 25.1 Å². The topological polar surface area (TPSA) is 54.5 Å². The van der Waals surface area contributed by atoms with Gasteiger partial charge in [-0.15, -0.1) is 0 Å². The van der Waals surface area contributed by atoms with Crippen molar-refractivity contribution in [1.82, 2.24) is 4.90 Å². The van der Waals surface area contributed by atoms with Crippen LogP contribution in [0.3, 0.4) is 0 Å². The minimum absolute atomic E-state index is 0.0550. The van der Waals surface area contributed by atoms with Crippen molar-refractivity contribution < 1.29 is 13.2 Å². The molecule has 0 spiro atoms. The minimum atomic E-state index is -3.37. The molecule has 1 atom stereocenters. The number of aryl methyl sites for hydroxylation is 1. The molecule has 1 aliphatic heterocycles. The lowest BCUT2D eigenvalue weighted by Crippen LogP contribution is -2.34. The Morgan fingerprint density at radius 2 is 1.76 bits per heavy atom. The van der Waals surface area contributed by atoms with Gasteiger partial charge in [0.1, 0.15) is 0 Å². The van der Waals surface area contributed by atoms with Gasteiger partial charge in [0, 0.05) is 23.7 Å². The zero-order valence-electron chi connectivity index (χ0n) is 14.0. The van der Waals surface area contributed by atoms with Crippen molar-refractivity contribution in [3.8, 4) is 0 Å². The molecule has 1 heterocycles. The van der Waals surface area contributed by atoms with Crippen LogP contribution in [0.5, 0.6) is 0 Å². The molecule has 4 nitrogen and oxygen atoms in total. The lowest BCUT2D eigenvalue weighted by molar-refractivity contribution is 0.0766. The summed E-state index contributed by atoms with van der Waals surface area (Å²) in [7, 11) is -3.37. The lowest BCUT2D eigenvalue weighted by atomic mass is 10.1. The summed E-state index contributed by atoms with van der Waals surface area (Å²) in [5.41, 5.74) is 2.13. The number of nitrogens with zero attached hydrogens (tertiary/aromatic N) is 1. The Morgan fingerprint density at radius 3 is 2.48 bits per heavy atom. The molecule has 1 aliphatic rings. The Balaban J connectivity index is 1.87. The minimum Gasteiger partial charge on any atom is -0.338 e. The molecular weight excluding hydrogens is 358 g/mol. The number of carbonyl (C=O) groups is 1. The highest BCUT2D eigenvalue weighted by Gasteiger charge is 2.34. The van der Waals surface area contributed by atoms with E-state index in [0.717, 1.165) is 5.56 Å². The molecule has 0 aliphatic carbocycles. The third-order valence-electron chi connectivity index (χ3n) is 4.66. The zero-order valence-corrected chi connectivity index (χ0v) is 15.6. The summed E-state index contributed by atoms with van der Waals surface area (Å²) in [4.78, 5) is 14.4. The molecule has 0 aromatic heterocycles. The number of halogens is 1. The molecule has 0 saturated carbocycles. The Hall–Kier alpha value is -1.85. The highest BCUT2D eigenvalue weighted by Crippen LogP contribution is 2.34. The number of hydrogen-bond acceptors (Lipinski definition) is 3. The lowest BCUT2D eigenvalue weighted by Gasteiger charge is -2.21. The smallest absolute Gasteiger partial charge is 0.254 e. The number of rotatable bonds is 2. The summed E-state index contributed by atoms with van der Waals surface area (Å²) in [5.74, 6) is -0.173. The standard InChI is InChI=1S/C19H20ClNO3S/c1-14-6-2-3-7-15(14)19(22)21-11-10-18(25(23,24)13-12-21)16-8-4-5-9-17(16)20/h2-9,18H,10-13H2,1H3/t18-/m1/s1. The molecule has 1 saturated heterocycles. The van der Waals surface area contributed by atoms with Crippen molar-refractivity contribution in [2.24, 2.45) is 0 Å². The second kappa shape index (κ2) is 7.18. The molecule has 25 heavy (non-hydrogen) atoms. The number of hydrogen-bond donors (Lipinski definition) is 0. The molecule has 0 radical (unpaired) electrons. The van der Waals surface area contributed by atoms with Gasteiger partial charge >= 0.3 is 0 Å². The fraction of sp³-hybridized carbons (Fsp3) is 0.316. The van der Waals surface area contributed by atoms with Crippen molar-refractivity contribution in [2.45, 2.75) is 18.6 Å². The van der Waals surface area contributed by atoms with Crippen LogP contribution >= 0.6 is 11.6 Å². The first kappa shape index (κ1) is 18.0. The summed E-state index contributed by atoms with van der Waals surface area (Å²) in [5, 5.41) is -0.217. The van der Waals surface area contributed by atoms with Crippen LogP contribution in [0.15, 0.2) is 48.5 Å². The fourth-order valence-corrected chi connectivity index (χ4v) is 5.36. The second-order valence-corrected chi connectivity index (χ2v) is 8.98. The van der Waals surface area contributed by atoms with Gasteiger partial charge in [-0.3, -0.25) is 4.79 Å². The number of carbonyl (C=O) groups excluding carboxylic acids is 1. The Morgan fingerprint density at radius 1 is 1.08 bits per heavy atom. The van der Waals surface area contributed by atoms with Gasteiger partial charge in [0.2, 0.25) is 0 Å². The molecule has 0 bridgehead atoms. The normalized spacial score (nSPS) is 20.1. The van der Waals surface area contributed by atoms with E-state index in [4.69, 9.17) is 11.6 Å². The largest absolute Gasteiger partial charge is 0.338 e. The van der Waals surface area contributed by atoms with E-state index in [1.54, 1.807) is 35.2 Å². The Kier molecular flexibility index (Phi) is 5.16. The van der Waals surface area contributed by atoms with E-state index in [0.29, 0.717) is 29.1 Å². The highest BCUT2D eigenvalue weighted by atomic mass is 35.5. The van der Waals surface area contributed by atoms with Gasteiger partial charge in [-0.1, -0.05) is 48.0 Å².